The van der Waals surface area contributed by atoms with E-state index in [0.29, 0.717) is 22.6 Å². The van der Waals surface area contributed by atoms with Gasteiger partial charge in [0.05, 0.1) is 6.61 Å². The van der Waals surface area contributed by atoms with E-state index in [-0.39, 0.29) is 12.4 Å². The molecule has 30 heavy (non-hydrogen) atoms. The molecular formula is C20H16FN5O4. The van der Waals surface area contributed by atoms with Crippen LogP contribution in [0.15, 0.2) is 53.7 Å². The minimum absolute atomic E-state index is 0.0293. The van der Waals surface area contributed by atoms with Gasteiger partial charge in [-0.05, 0) is 42.3 Å². The third-order valence-electron chi connectivity index (χ3n) is 3.73. The van der Waals surface area contributed by atoms with E-state index in [4.69, 9.17) is 15.6 Å². The first-order chi connectivity index (χ1) is 14.4. The largest absolute Gasteiger partial charge is 0.463 e. The molecule has 0 unspecified atom stereocenters. The number of hydrogen-bond acceptors (Lipinski definition) is 4. The van der Waals surface area contributed by atoms with Crippen LogP contribution in [0, 0.1) is 17.7 Å². The van der Waals surface area contributed by atoms with E-state index in [1.54, 1.807) is 28.8 Å². The Balaban J connectivity index is 1.74. The van der Waals surface area contributed by atoms with Gasteiger partial charge in [0.2, 0.25) is 5.96 Å². The summed E-state index contributed by atoms with van der Waals surface area (Å²) in [5.41, 5.74) is 7.58. The number of hydrogen-bond donors (Lipinski definition) is 3. The van der Waals surface area contributed by atoms with Crippen LogP contribution in [0.5, 0.6) is 0 Å². The van der Waals surface area contributed by atoms with E-state index in [2.05, 4.69) is 27.1 Å². The highest BCUT2D eigenvalue weighted by Crippen LogP contribution is 2.13. The fourth-order valence-electron chi connectivity index (χ4n) is 2.49. The van der Waals surface area contributed by atoms with Crippen LogP contribution in [-0.2, 0) is 16.1 Å². The molecular weight excluding hydrogens is 393 g/mol. The quantitative estimate of drug-likeness (QED) is 0.340. The van der Waals surface area contributed by atoms with E-state index in [9.17, 15) is 14.0 Å². The van der Waals surface area contributed by atoms with E-state index >= 15 is 0 Å². The van der Waals surface area contributed by atoms with Crippen LogP contribution in [0.2, 0.25) is 0 Å². The summed E-state index contributed by atoms with van der Waals surface area (Å²) in [5, 5.41) is 10.6. The highest BCUT2D eigenvalue weighted by atomic mass is 19.1. The Labute approximate surface area is 170 Å². The van der Waals surface area contributed by atoms with Crippen molar-refractivity contribution < 1.29 is 23.8 Å². The number of pyridine rings is 1. The smallest absolute Gasteiger partial charge is 0.434 e. The number of imidazole rings is 1. The summed E-state index contributed by atoms with van der Waals surface area (Å²) in [4.78, 5) is 29.6. The lowest BCUT2D eigenvalue weighted by atomic mass is 10.2. The number of rotatable bonds is 4. The minimum atomic E-state index is -1.53. The molecule has 0 saturated heterocycles. The summed E-state index contributed by atoms with van der Waals surface area (Å²) in [6.07, 6.45) is 0.263. The summed E-state index contributed by atoms with van der Waals surface area (Å²) < 4.78 is 20.2. The van der Waals surface area contributed by atoms with Crippen molar-refractivity contribution >= 4 is 23.6 Å². The second-order valence-corrected chi connectivity index (χ2v) is 5.91. The third-order valence-corrected chi connectivity index (χ3v) is 3.73. The van der Waals surface area contributed by atoms with Gasteiger partial charge in [0.1, 0.15) is 29.5 Å². The van der Waals surface area contributed by atoms with Crippen molar-refractivity contribution in [2.24, 2.45) is 10.7 Å². The van der Waals surface area contributed by atoms with Crippen molar-refractivity contribution in [3.8, 4) is 11.8 Å². The Morgan fingerprint density at radius 1 is 1.23 bits per heavy atom. The van der Waals surface area contributed by atoms with Crippen LogP contribution >= 0.6 is 0 Å². The molecule has 0 aliphatic heterocycles. The molecule has 2 aromatic heterocycles. The predicted octanol–water partition coefficient (Wildman–Crippen LogP) is 1.50. The van der Waals surface area contributed by atoms with Crippen molar-refractivity contribution in [1.29, 1.82) is 0 Å². The molecule has 4 N–H and O–H groups in total. The average Bonchev–Trinajstić information content (AvgIpc) is 3.04. The van der Waals surface area contributed by atoms with Crippen LogP contribution in [0.1, 0.15) is 17.0 Å². The maximum atomic E-state index is 13.1. The van der Waals surface area contributed by atoms with Crippen LogP contribution in [0.25, 0.3) is 5.65 Å². The standard InChI is InChI=1S/C20H16FN5O4/c21-14-7-4-13(5-8-14)6-9-16-15(23-17-3-1-2-10-26(16)17)11-30-12-18(27)24-19(22)25-20(28)29/h1-5,7-8,10H,11-12H2,(H,28,29)(H3,22,24,25,27). The van der Waals surface area contributed by atoms with Gasteiger partial charge >= 0.3 is 6.09 Å². The number of guanidine groups is 1. The van der Waals surface area contributed by atoms with E-state index in [1.807, 2.05) is 12.1 Å². The number of nitrogens with zero attached hydrogens (tertiary/aromatic N) is 3. The number of carbonyl (C=O) groups is 2. The predicted molar refractivity (Wildman–Crippen MR) is 105 cm³/mol. The number of nitrogens with two attached hydrogens (primary N) is 1. The summed E-state index contributed by atoms with van der Waals surface area (Å²) in [6, 6.07) is 11.2. The Hall–Kier alpha value is -4.23. The molecule has 3 rings (SSSR count). The summed E-state index contributed by atoms with van der Waals surface area (Å²) in [6.45, 7) is -0.424. The number of benzene rings is 1. The zero-order chi connectivity index (χ0) is 21.5. The van der Waals surface area contributed by atoms with Crippen LogP contribution in [0.4, 0.5) is 9.18 Å². The number of amides is 2. The molecule has 0 fully saturated rings. The molecule has 0 aliphatic carbocycles. The molecule has 2 amide bonds. The maximum Gasteiger partial charge on any atom is 0.434 e. The van der Waals surface area contributed by atoms with Gasteiger partial charge in [-0.25, -0.2) is 14.2 Å². The monoisotopic (exact) mass is 409 g/mol. The number of ether oxygens (including phenoxy) is 1. The molecule has 0 atom stereocenters. The van der Waals surface area contributed by atoms with E-state index in [0.717, 1.165) is 0 Å². The molecule has 0 spiro atoms. The molecule has 0 saturated carbocycles. The van der Waals surface area contributed by atoms with Gasteiger partial charge in [-0.1, -0.05) is 12.0 Å². The van der Waals surface area contributed by atoms with E-state index < -0.39 is 24.6 Å². The fourth-order valence-corrected chi connectivity index (χ4v) is 2.49. The van der Waals surface area contributed by atoms with Crippen molar-refractivity contribution in [3.63, 3.8) is 0 Å². The highest BCUT2D eigenvalue weighted by Gasteiger charge is 2.12. The lowest BCUT2D eigenvalue weighted by Gasteiger charge is -2.04. The van der Waals surface area contributed by atoms with Gasteiger partial charge in [-0.3, -0.25) is 14.5 Å². The van der Waals surface area contributed by atoms with Crippen molar-refractivity contribution in [3.05, 3.63) is 71.4 Å². The number of aromatic nitrogens is 2. The molecule has 152 valence electrons. The number of nitrogens with one attached hydrogen (secondary N) is 1. The topological polar surface area (TPSA) is 131 Å². The van der Waals surface area contributed by atoms with Crippen LogP contribution in [-0.4, -0.2) is 39.1 Å². The lowest BCUT2D eigenvalue weighted by molar-refractivity contribution is -0.124. The van der Waals surface area contributed by atoms with Crippen molar-refractivity contribution in [2.75, 3.05) is 6.61 Å². The average molecular weight is 409 g/mol. The number of carboxylic acid groups (broad SMARTS) is 1. The molecule has 0 aliphatic rings. The Kier molecular flexibility index (Phi) is 6.36. The van der Waals surface area contributed by atoms with Gasteiger partial charge in [0, 0.05) is 11.8 Å². The van der Waals surface area contributed by atoms with Gasteiger partial charge in [0.25, 0.3) is 5.91 Å². The third kappa shape index (κ3) is 5.40. The van der Waals surface area contributed by atoms with Gasteiger partial charge in [0.15, 0.2) is 0 Å². The maximum absolute atomic E-state index is 13.1. The summed E-state index contributed by atoms with van der Waals surface area (Å²) >= 11 is 0. The Morgan fingerprint density at radius 3 is 2.73 bits per heavy atom. The van der Waals surface area contributed by atoms with Gasteiger partial charge < -0.3 is 15.6 Å². The molecule has 1 aromatic carbocycles. The van der Waals surface area contributed by atoms with Crippen LogP contribution in [0.3, 0.4) is 0 Å². The van der Waals surface area contributed by atoms with Crippen molar-refractivity contribution in [1.82, 2.24) is 14.7 Å². The Morgan fingerprint density at radius 2 is 2.00 bits per heavy atom. The second-order valence-electron chi connectivity index (χ2n) is 5.91. The number of fused-ring (bicyclic) bond motifs is 1. The highest BCUT2D eigenvalue weighted by molar-refractivity contribution is 6.00. The normalized spacial score (nSPS) is 11.0. The zero-order valence-electron chi connectivity index (χ0n) is 15.5. The van der Waals surface area contributed by atoms with Crippen molar-refractivity contribution in [2.45, 2.75) is 6.61 Å². The molecule has 9 nitrogen and oxygen atoms in total. The SMILES string of the molecule is NC(=NC(=O)O)NC(=O)COCc1nc2ccccn2c1C#Cc1ccc(F)cc1. The first-order valence-electron chi connectivity index (χ1n) is 8.60. The molecule has 10 heteroatoms. The first-order valence-corrected chi connectivity index (χ1v) is 8.60. The fraction of sp³-hybridized carbons (Fsp3) is 0.100. The molecule has 3 aromatic rings. The van der Waals surface area contributed by atoms with Gasteiger partial charge in [-0.2, -0.15) is 0 Å². The zero-order valence-corrected chi connectivity index (χ0v) is 15.5. The molecule has 2 heterocycles. The number of aliphatic imine (C=N–C) groups is 1. The molecule has 0 radical (unpaired) electrons. The van der Waals surface area contributed by atoms with Crippen LogP contribution < -0.4 is 11.1 Å². The molecule has 0 bridgehead atoms. The summed E-state index contributed by atoms with van der Waals surface area (Å²) in [7, 11) is 0. The Bertz CT molecular complexity index is 1180. The summed E-state index contributed by atoms with van der Waals surface area (Å²) in [5.74, 6) is 4.39. The second kappa shape index (κ2) is 9.31. The van der Waals surface area contributed by atoms with E-state index in [1.165, 1.54) is 12.1 Å². The van der Waals surface area contributed by atoms with Gasteiger partial charge in [-0.15, -0.1) is 4.99 Å². The minimum Gasteiger partial charge on any atom is -0.463 e. The lowest BCUT2D eigenvalue weighted by Crippen LogP contribution is -2.39. The number of halogens is 1. The first kappa shape index (κ1) is 20.5. The number of carbonyl (C=O) groups excluding carboxylic acids is 1.